The van der Waals surface area contributed by atoms with Crippen LogP contribution in [-0.4, -0.2) is 19.1 Å². The van der Waals surface area contributed by atoms with E-state index >= 15 is 0 Å². The molecule has 112 valence electrons. The number of rotatable bonds is 6. The van der Waals surface area contributed by atoms with E-state index in [1.54, 1.807) is 0 Å². The third kappa shape index (κ3) is 5.07. The predicted molar refractivity (Wildman–Crippen MR) is 65.8 cm³/mol. The lowest BCUT2D eigenvalue weighted by Crippen LogP contribution is -2.18. The highest BCUT2D eigenvalue weighted by atomic mass is 19.4. The topological polar surface area (TPSA) is 38.3 Å². The number of carbonyl (C=O) groups excluding carboxylic acids is 1. The van der Waals surface area contributed by atoms with E-state index < -0.39 is 23.5 Å². The Kier molecular flexibility index (Phi) is 5.79. The molecule has 1 aromatic carbocycles. The van der Waals surface area contributed by atoms with Crippen molar-refractivity contribution in [3.63, 3.8) is 0 Å². The van der Waals surface area contributed by atoms with Gasteiger partial charge in [-0.1, -0.05) is 13.3 Å². The Bertz CT molecular complexity index is 460. The summed E-state index contributed by atoms with van der Waals surface area (Å²) in [4.78, 5) is 11.3. The van der Waals surface area contributed by atoms with Gasteiger partial charge in [0, 0.05) is 0 Å². The predicted octanol–water partition coefficient (Wildman–Crippen LogP) is 3.60. The first-order chi connectivity index (χ1) is 9.34. The van der Waals surface area contributed by atoms with Crippen molar-refractivity contribution >= 4 is 11.7 Å². The van der Waals surface area contributed by atoms with Crippen molar-refractivity contribution in [3.8, 4) is 0 Å². The summed E-state index contributed by atoms with van der Waals surface area (Å²) in [7, 11) is 0. The Hall–Kier alpha value is -1.79. The summed E-state index contributed by atoms with van der Waals surface area (Å²) in [5.74, 6) is -1.50. The number of hydrogen-bond donors (Lipinski definition) is 1. The average Bonchev–Trinajstić information content (AvgIpc) is 2.36. The van der Waals surface area contributed by atoms with E-state index in [1.807, 2.05) is 6.92 Å². The smallest absolute Gasteiger partial charge is 0.416 e. The number of anilines is 1. The number of carbonyl (C=O) groups is 1. The van der Waals surface area contributed by atoms with Gasteiger partial charge in [-0.3, -0.25) is 4.79 Å². The number of halogens is 4. The van der Waals surface area contributed by atoms with Crippen molar-refractivity contribution in [1.29, 1.82) is 0 Å². The fraction of sp³-hybridized carbons (Fsp3) is 0.462. The Morgan fingerprint density at radius 2 is 2.05 bits per heavy atom. The van der Waals surface area contributed by atoms with Crippen LogP contribution in [0.5, 0.6) is 0 Å². The maximum atomic E-state index is 13.3. The fourth-order valence-electron chi connectivity index (χ4n) is 1.39. The van der Waals surface area contributed by atoms with Crippen LogP contribution in [0.25, 0.3) is 0 Å². The first-order valence-electron chi connectivity index (χ1n) is 6.11. The third-order valence-electron chi connectivity index (χ3n) is 2.48. The van der Waals surface area contributed by atoms with E-state index in [-0.39, 0.29) is 18.8 Å². The average molecular weight is 293 g/mol. The first kappa shape index (κ1) is 16.3. The molecule has 0 fully saturated rings. The van der Waals surface area contributed by atoms with E-state index in [1.165, 1.54) is 0 Å². The molecule has 0 unspecified atom stereocenters. The van der Waals surface area contributed by atoms with E-state index in [0.29, 0.717) is 24.6 Å². The lowest BCUT2D eigenvalue weighted by Gasteiger charge is -2.11. The number of benzene rings is 1. The van der Waals surface area contributed by atoms with E-state index in [2.05, 4.69) is 5.32 Å². The van der Waals surface area contributed by atoms with Crippen molar-refractivity contribution in [3.05, 3.63) is 29.6 Å². The first-order valence-corrected chi connectivity index (χ1v) is 6.11. The van der Waals surface area contributed by atoms with Crippen molar-refractivity contribution in [2.24, 2.45) is 0 Å². The number of ether oxygens (including phenoxy) is 1. The second-order valence-corrected chi connectivity index (χ2v) is 4.12. The summed E-state index contributed by atoms with van der Waals surface area (Å²) in [6, 6.07) is 1.96. The number of alkyl halides is 3. The van der Waals surface area contributed by atoms with Crippen LogP contribution in [0.1, 0.15) is 25.3 Å². The van der Waals surface area contributed by atoms with Crippen molar-refractivity contribution < 1.29 is 27.1 Å². The molecule has 0 atom stereocenters. The normalized spacial score (nSPS) is 11.2. The van der Waals surface area contributed by atoms with Gasteiger partial charge in [-0.25, -0.2) is 4.39 Å². The molecular weight excluding hydrogens is 278 g/mol. The highest BCUT2D eigenvalue weighted by molar-refractivity contribution is 5.75. The van der Waals surface area contributed by atoms with Gasteiger partial charge in [-0.05, 0) is 24.6 Å². The SMILES string of the molecule is CCCCOC(=O)CNc1cc(C(F)(F)F)ccc1F. The van der Waals surface area contributed by atoms with Crippen molar-refractivity contribution in [2.75, 3.05) is 18.5 Å². The largest absolute Gasteiger partial charge is 0.464 e. The molecule has 0 aromatic heterocycles. The quantitative estimate of drug-likeness (QED) is 0.495. The maximum Gasteiger partial charge on any atom is 0.416 e. The van der Waals surface area contributed by atoms with Crippen LogP contribution < -0.4 is 5.32 Å². The molecule has 3 nitrogen and oxygen atoms in total. The minimum absolute atomic E-state index is 0.238. The standard InChI is InChI=1S/C13H15F4NO2/c1-2-3-6-20-12(19)8-18-11-7-9(13(15,16)17)4-5-10(11)14/h4-5,7,18H,2-3,6,8H2,1H3. The molecule has 1 rings (SSSR count). The van der Waals surface area contributed by atoms with Crippen LogP contribution in [0.2, 0.25) is 0 Å². The van der Waals surface area contributed by atoms with Crippen molar-refractivity contribution in [2.45, 2.75) is 25.9 Å². The van der Waals surface area contributed by atoms with Gasteiger partial charge < -0.3 is 10.1 Å². The van der Waals surface area contributed by atoms with Crippen LogP contribution in [0.15, 0.2) is 18.2 Å². The van der Waals surface area contributed by atoms with Gasteiger partial charge in [0.2, 0.25) is 0 Å². The van der Waals surface area contributed by atoms with Crippen LogP contribution in [0.3, 0.4) is 0 Å². The summed E-state index contributed by atoms with van der Waals surface area (Å²) >= 11 is 0. The van der Waals surface area contributed by atoms with E-state index in [0.717, 1.165) is 6.42 Å². The van der Waals surface area contributed by atoms with Gasteiger partial charge in [0.15, 0.2) is 0 Å². The molecule has 0 spiro atoms. The molecule has 20 heavy (non-hydrogen) atoms. The van der Waals surface area contributed by atoms with Crippen LogP contribution in [0, 0.1) is 5.82 Å². The van der Waals surface area contributed by atoms with E-state index in [9.17, 15) is 22.4 Å². The second-order valence-electron chi connectivity index (χ2n) is 4.12. The molecule has 0 saturated heterocycles. The lowest BCUT2D eigenvalue weighted by molar-refractivity contribution is -0.141. The molecule has 1 aromatic rings. The molecule has 0 aliphatic carbocycles. The lowest BCUT2D eigenvalue weighted by atomic mass is 10.2. The number of unbranched alkanes of at least 4 members (excludes halogenated alkanes) is 1. The molecule has 0 saturated carbocycles. The van der Waals surface area contributed by atoms with Crippen LogP contribution in [-0.2, 0) is 15.7 Å². The number of hydrogen-bond acceptors (Lipinski definition) is 3. The number of esters is 1. The van der Waals surface area contributed by atoms with E-state index in [4.69, 9.17) is 4.74 Å². The molecule has 7 heteroatoms. The number of nitrogens with one attached hydrogen (secondary N) is 1. The Labute approximate surface area is 113 Å². The van der Waals surface area contributed by atoms with Crippen LogP contribution >= 0.6 is 0 Å². The van der Waals surface area contributed by atoms with Crippen molar-refractivity contribution in [1.82, 2.24) is 0 Å². The molecule has 0 bridgehead atoms. The summed E-state index contributed by atoms with van der Waals surface area (Å²) in [6.07, 6.45) is -3.02. The fourth-order valence-corrected chi connectivity index (χ4v) is 1.39. The van der Waals surface area contributed by atoms with Gasteiger partial charge in [0.1, 0.15) is 12.4 Å². The molecule has 1 N–H and O–H groups in total. The highest BCUT2D eigenvalue weighted by Crippen LogP contribution is 2.31. The summed E-state index contributed by atoms with van der Waals surface area (Å²) in [5, 5.41) is 2.30. The minimum atomic E-state index is -4.56. The molecular formula is C13H15F4NO2. The van der Waals surface area contributed by atoms with Gasteiger partial charge >= 0.3 is 12.1 Å². The molecule has 0 amide bonds. The highest BCUT2D eigenvalue weighted by Gasteiger charge is 2.31. The zero-order chi connectivity index (χ0) is 15.2. The van der Waals surface area contributed by atoms with Gasteiger partial charge in [-0.15, -0.1) is 0 Å². The zero-order valence-corrected chi connectivity index (χ0v) is 10.9. The van der Waals surface area contributed by atoms with Crippen LogP contribution in [0.4, 0.5) is 23.2 Å². The molecule has 0 heterocycles. The second kappa shape index (κ2) is 7.12. The Morgan fingerprint density at radius 1 is 1.35 bits per heavy atom. The Morgan fingerprint density at radius 3 is 2.65 bits per heavy atom. The Balaban J connectivity index is 2.61. The monoisotopic (exact) mass is 293 g/mol. The van der Waals surface area contributed by atoms with Gasteiger partial charge in [0.25, 0.3) is 0 Å². The summed E-state index contributed by atoms with van der Waals surface area (Å²) < 4.78 is 55.5. The van der Waals surface area contributed by atoms with Gasteiger partial charge in [-0.2, -0.15) is 13.2 Å². The molecule has 0 aliphatic heterocycles. The summed E-state index contributed by atoms with van der Waals surface area (Å²) in [6.45, 7) is 1.77. The summed E-state index contributed by atoms with van der Waals surface area (Å²) in [5.41, 5.74) is -1.37. The minimum Gasteiger partial charge on any atom is -0.464 e. The molecule has 0 aliphatic rings. The molecule has 0 radical (unpaired) electrons. The third-order valence-corrected chi connectivity index (χ3v) is 2.48. The van der Waals surface area contributed by atoms with Gasteiger partial charge in [0.05, 0.1) is 17.9 Å². The maximum absolute atomic E-state index is 13.3. The zero-order valence-electron chi connectivity index (χ0n) is 10.9.